The van der Waals surface area contributed by atoms with Crippen LogP contribution in [0.1, 0.15) is 16.7 Å². The molecular weight excluding hydrogens is 456 g/mol. The standard InChI is InChI=1S/C25H23ClN4O4/c1-16-11-12-19(13-20(16)26)28-23(31)15-34-22-10-6-4-8-18(22)14-27-30-25(33)24(32)29-21-9-5-3-7-17(21)2/h3-14H,15H2,1-2H3,(H,28,31)(H,29,32)(H,30,33)/b27-14-. The number of hydrogen-bond acceptors (Lipinski definition) is 5. The van der Waals surface area contributed by atoms with E-state index in [9.17, 15) is 14.4 Å². The number of nitrogens with zero attached hydrogens (tertiary/aromatic N) is 1. The molecule has 3 N–H and O–H groups in total. The number of anilines is 2. The number of ether oxygens (including phenoxy) is 1. The molecule has 0 unspecified atom stereocenters. The van der Waals surface area contributed by atoms with Gasteiger partial charge in [0.2, 0.25) is 0 Å². The summed E-state index contributed by atoms with van der Waals surface area (Å²) in [5.41, 5.74) is 5.52. The van der Waals surface area contributed by atoms with Gasteiger partial charge in [-0.1, -0.05) is 48.0 Å². The molecule has 8 nitrogen and oxygen atoms in total. The Morgan fingerprint density at radius 1 is 0.912 bits per heavy atom. The van der Waals surface area contributed by atoms with E-state index < -0.39 is 11.8 Å². The third-order valence-electron chi connectivity index (χ3n) is 4.70. The molecular formula is C25H23ClN4O4. The molecule has 0 bridgehead atoms. The van der Waals surface area contributed by atoms with Gasteiger partial charge in [-0.25, -0.2) is 5.43 Å². The van der Waals surface area contributed by atoms with Gasteiger partial charge in [0, 0.05) is 22.0 Å². The smallest absolute Gasteiger partial charge is 0.329 e. The van der Waals surface area contributed by atoms with Crippen LogP contribution < -0.4 is 20.8 Å². The summed E-state index contributed by atoms with van der Waals surface area (Å²) in [5.74, 6) is -1.76. The van der Waals surface area contributed by atoms with E-state index in [4.69, 9.17) is 16.3 Å². The van der Waals surface area contributed by atoms with Crippen LogP contribution in [0.3, 0.4) is 0 Å². The minimum atomic E-state index is -0.922. The van der Waals surface area contributed by atoms with Gasteiger partial charge in [-0.15, -0.1) is 0 Å². The molecule has 0 aliphatic heterocycles. The van der Waals surface area contributed by atoms with Crippen LogP contribution in [-0.2, 0) is 14.4 Å². The molecule has 0 fully saturated rings. The fourth-order valence-corrected chi connectivity index (χ4v) is 3.01. The van der Waals surface area contributed by atoms with Gasteiger partial charge >= 0.3 is 11.8 Å². The summed E-state index contributed by atoms with van der Waals surface area (Å²) in [7, 11) is 0. The molecule has 0 aliphatic carbocycles. The van der Waals surface area contributed by atoms with Crippen molar-refractivity contribution in [1.82, 2.24) is 5.43 Å². The maximum Gasteiger partial charge on any atom is 0.329 e. The molecule has 3 aromatic carbocycles. The highest BCUT2D eigenvalue weighted by atomic mass is 35.5. The summed E-state index contributed by atoms with van der Waals surface area (Å²) in [4.78, 5) is 36.3. The van der Waals surface area contributed by atoms with E-state index in [1.807, 2.05) is 26.0 Å². The lowest BCUT2D eigenvalue weighted by atomic mass is 10.2. The number of hydrazone groups is 1. The largest absolute Gasteiger partial charge is 0.483 e. The summed E-state index contributed by atoms with van der Waals surface area (Å²) in [6.07, 6.45) is 1.33. The fraction of sp³-hybridized carbons (Fsp3) is 0.120. The summed E-state index contributed by atoms with van der Waals surface area (Å²) < 4.78 is 5.59. The molecule has 174 valence electrons. The predicted octanol–water partition coefficient (Wildman–Crippen LogP) is 4.06. The Morgan fingerprint density at radius 3 is 2.41 bits per heavy atom. The fourth-order valence-electron chi connectivity index (χ4n) is 2.83. The molecule has 3 aromatic rings. The topological polar surface area (TPSA) is 109 Å². The van der Waals surface area contributed by atoms with Crippen LogP contribution in [0, 0.1) is 13.8 Å². The highest BCUT2D eigenvalue weighted by Crippen LogP contribution is 2.20. The molecule has 3 rings (SSSR count). The maximum atomic E-state index is 12.2. The van der Waals surface area contributed by atoms with Crippen LogP contribution in [0.5, 0.6) is 5.75 Å². The number of carbonyl (C=O) groups is 3. The summed E-state index contributed by atoms with van der Waals surface area (Å²) in [5, 5.41) is 9.61. The van der Waals surface area contributed by atoms with Gasteiger partial charge in [0.1, 0.15) is 5.75 Å². The molecule has 34 heavy (non-hydrogen) atoms. The molecule has 0 spiro atoms. The van der Waals surface area contributed by atoms with Crippen molar-refractivity contribution in [2.45, 2.75) is 13.8 Å². The molecule has 0 aliphatic rings. The van der Waals surface area contributed by atoms with Crippen LogP contribution in [-0.4, -0.2) is 30.5 Å². The lowest BCUT2D eigenvalue weighted by molar-refractivity contribution is -0.136. The molecule has 0 saturated heterocycles. The second kappa shape index (κ2) is 11.6. The van der Waals surface area contributed by atoms with Crippen LogP contribution in [0.25, 0.3) is 0 Å². The second-order valence-electron chi connectivity index (χ2n) is 7.31. The first-order valence-electron chi connectivity index (χ1n) is 10.3. The molecule has 9 heteroatoms. The lowest BCUT2D eigenvalue weighted by Gasteiger charge is -2.10. The average Bonchev–Trinajstić information content (AvgIpc) is 2.82. The van der Waals surface area contributed by atoms with E-state index >= 15 is 0 Å². The van der Waals surface area contributed by atoms with E-state index in [2.05, 4.69) is 21.2 Å². The highest BCUT2D eigenvalue weighted by Gasteiger charge is 2.14. The molecule has 0 aromatic heterocycles. The van der Waals surface area contributed by atoms with E-state index in [-0.39, 0.29) is 12.5 Å². The minimum Gasteiger partial charge on any atom is -0.483 e. The van der Waals surface area contributed by atoms with E-state index in [1.54, 1.807) is 54.6 Å². The van der Waals surface area contributed by atoms with Crippen molar-refractivity contribution < 1.29 is 19.1 Å². The van der Waals surface area contributed by atoms with Gasteiger partial charge in [-0.05, 0) is 55.3 Å². The first-order chi connectivity index (χ1) is 16.3. The number of rotatable bonds is 7. The Labute approximate surface area is 202 Å². The second-order valence-corrected chi connectivity index (χ2v) is 7.71. The number of amides is 3. The van der Waals surface area contributed by atoms with Gasteiger partial charge in [0.25, 0.3) is 5.91 Å². The predicted molar refractivity (Wildman–Crippen MR) is 132 cm³/mol. The first-order valence-corrected chi connectivity index (χ1v) is 10.7. The number of hydrogen-bond donors (Lipinski definition) is 3. The normalized spacial score (nSPS) is 10.6. The zero-order valence-electron chi connectivity index (χ0n) is 18.6. The summed E-state index contributed by atoms with van der Waals surface area (Å²) in [6, 6.07) is 19.1. The first kappa shape index (κ1) is 24.5. The third-order valence-corrected chi connectivity index (χ3v) is 5.11. The summed E-state index contributed by atoms with van der Waals surface area (Å²) >= 11 is 6.08. The Hall–Kier alpha value is -4.17. The van der Waals surface area contributed by atoms with Crippen LogP contribution >= 0.6 is 11.6 Å². The van der Waals surface area contributed by atoms with Gasteiger partial charge < -0.3 is 15.4 Å². The SMILES string of the molecule is Cc1ccc(NC(=O)COc2ccccc2/C=N\NC(=O)C(=O)Nc2ccccc2C)cc1Cl. The van der Waals surface area contributed by atoms with Gasteiger partial charge in [0.05, 0.1) is 6.21 Å². The van der Waals surface area contributed by atoms with Crippen LogP contribution in [0.15, 0.2) is 71.8 Å². The molecule has 3 amide bonds. The number of benzene rings is 3. The van der Waals surface area contributed by atoms with E-state index in [0.29, 0.717) is 27.7 Å². The van der Waals surface area contributed by atoms with Gasteiger partial charge in [-0.2, -0.15) is 5.10 Å². The van der Waals surface area contributed by atoms with Crippen molar-refractivity contribution >= 4 is 46.9 Å². The minimum absolute atomic E-state index is 0.248. The lowest BCUT2D eigenvalue weighted by Crippen LogP contribution is -2.32. The van der Waals surface area contributed by atoms with Crippen molar-refractivity contribution in [3.63, 3.8) is 0 Å². The van der Waals surface area contributed by atoms with E-state index in [0.717, 1.165) is 11.1 Å². The average molecular weight is 479 g/mol. The molecule has 0 saturated carbocycles. The van der Waals surface area contributed by atoms with Crippen molar-refractivity contribution in [1.29, 1.82) is 0 Å². The van der Waals surface area contributed by atoms with Crippen molar-refractivity contribution in [3.8, 4) is 5.75 Å². The van der Waals surface area contributed by atoms with Gasteiger partial charge in [0.15, 0.2) is 6.61 Å². The summed E-state index contributed by atoms with van der Waals surface area (Å²) in [6.45, 7) is 3.44. The molecule has 0 heterocycles. The van der Waals surface area contributed by atoms with Crippen molar-refractivity contribution in [3.05, 3.63) is 88.4 Å². The van der Waals surface area contributed by atoms with Crippen LogP contribution in [0.2, 0.25) is 5.02 Å². The Balaban J connectivity index is 1.54. The molecule has 0 atom stereocenters. The number of halogens is 1. The van der Waals surface area contributed by atoms with Crippen molar-refractivity contribution in [2.75, 3.05) is 17.2 Å². The van der Waals surface area contributed by atoms with Crippen molar-refractivity contribution in [2.24, 2.45) is 5.10 Å². The van der Waals surface area contributed by atoms with Gasteiger partial charge in [-0.3, -0.25) is 14.4 Å². The third kappa shape index (κ3) is 6.91. The number of aryl methyl sites for hydroxylation is 2. The highest BCUT2D eigenvalue weighted by molar-refractivity contribution is 6.39. The number of carbonyl (C=O) groups excluding carboxylic acids is 3. The monoisotopic (exact) mass is 478 g/mol. The molecule has 0 radical (unpaired) electrons. The van der Waals surface area contributed by atoms with E-state index in [1.165, 1.54) is 6.21 Å². The number of para-hydroxylation sites is 2. The number of nitrogens with one attached hydrogen (secondary N) is 3. The quantitative estimate of drug-likeness (QED) is 0.270. The Kier molecular flexibility index (Phi) is 8.37. The van der Waals surface area contributed by atoms with Crippen LogP contribution in [0.4, 0.5) is 11.4 Å². The zero-order chi connectivity index (χ0) is 24.5. The maximum absolute atomic E-state index is 12.2. The Bertz CT molecular complexity index is 1240. The Morgan fingerprint density at radius 2 is 1.65 bits per heavy atom. The zero-order valence-corrected chi connectivity index (χ0v) is 19.3.